The second-order valence-corrected chi connectivity index (χ2v) is 1.38. The lowest BCUT2D eigenvalue weighted by Crippen LogP contribution is -2.30. The van der Waals surface area contributed by atoms with E-state index in [9.17, 15) is 0 Å². The zero-order chi connectivity index (χ0) is 6.41. The van der Waals surface area contributed by atoms with Gasteiger partial charge in [0.15, 0.2) is 5.96 Å². The Labute approximate surface area is 54.2 Å². The van der Waals surface area contributed by atoms with Crippen LogP contribution in [-0.4, -0.2) is 12.5 Å². The molecule has 0 aromatic heterocycles. The van der Waals surface area contributed by atoms with Crippen molar-refractivity contribution in [3.8, 4) is 0 Å². The van der Waals surface area contributed by atoms with Crippen molar-refractivity contribution in [3.05, 3.63) is 12.7 Å². The van der Waals surface area contributed by atoms with E-state index in [1.807, 2.05) is 0 Å². The molecule has 0 aromatic rings. The second kappa shape index (κ2) is 4.52. The van der Waals surface area contributed by atoms with Gasteiger partial charge in [-0.05, 0) is 0 Å². The summed E-state index contributed by atoms with van der Waals surface area (Å²) in [4.78, 5) is 0. The van der Waals surface area contributed by atoms with E-state index in [0.717, 1.165) is 0 Å². The van der Waals surface area contributed by atoms with E-state index in [1.54, 1.807) is 6.08 Å². The van der Waals surface area contributed by atoms with Gasteiger partial charge in [-0.1, -0.05) is 18.9 Å². The van der Waals surface area contributed by atoms with E-state index < -0.39 is 0 Å². The van der Waals surface area contributed by atoms with Crippen molar-refractivity contribution in [1.29, 1.82) is 5.41 Å². The summed E-state index contributed by atoms with van der Waals surface area (Å²) in [6.45, 7) is 4.04. The fraction of sp³-hybridized carbons (Fsp3) is 0.250. The third-order valence-corrected chi connectivity index (χ3v) is 0.759. The molecule has 0 spiro atoms. The lowest BCUT2D eigenvalue weighted by molar-refractivity contribution is 0.998. The predicted octanol–water partition coefficient (Wildman–Crippen LogP) is 0.131. The van der Waals surface area contributed by atoms with Crippen molar-refractivity contribution in [2.75, 3.05) is 6.54 Å². The van der Waals surface area contributed by atoms with Gasteiger partial charge in [0.2, 0.25) is 0 Å². The SMILES string of the molecule is C=CCNC(=N)NS. The third kappa shape index (κ3) is 3.55. The van der Waals surface area contributed by atoms with Crippen molar-refractivity contribution in [2.45, 2.75) is 0 Å². The zero-order valence-electron chi connectivity index (χ0n) is 4.44. The van der Waals surface area contributed by atoms with Crippen LogP contribution in [0.4, 0.5) is 0 Å². The molecule has 46 valence electrons. The molecule has 0 fully saturated rings. The highest BCUT2D eigenvalue weighted by atomic mass is 32.1. The van der Waals surface area contributed by atoms with Crippen LogP contribution in [0.2, 0.25) is 0 Å². The topological polar surface area (TPSA) is 47.9 Å². The number of guanidine groups is 1. The minimum absolute atomic E-state index is 0.188. The molecule has 0 bridgehead atoms. The molecule has 0 heterocycles. The Morgan fingerprint density at radius 2 is 2.50 bits per heavy atom. The third-order valence-electron chi connectivity index (χ3n) is 0.535. The van der Waals surface area contributed by atoms with Crippen LogP contribution in [0.15, 0.2) is 12.7 Å². The highest BCUT2D eigenvalue weighted by Crippen LogP contribution is 1.62. The largest absolute Gasteiger partial charge is 0.352 e. The Balaban J connectivity index is 3.11. The highest BCUT2D eigenvalue weighted by molar-refractivity contribution is 7.78. The summed E-state index contributed by atoms with van der Waals surface area (Å²) < 4.78 is 2.32. The predicted molar refractivity (Wildman–Crippen MR) is 38.0 cm³/mol. The zero-order valence-corrected chi connectivity index (χ0v) is 5.33. The minimum Gasteiger partial charge on any atom is -0.352 e. The first kappa shape index (κ1) is 7.36. The van der Waals surface area contributed by atoms with Crippen LogP contribution < -0.4 is 10.0 Å². The Morgan fingerprint density at radius 1 is 1.88 bits per heavy atom. The van der Waals surface area contributed by atoms with Gasteiger partial charge in [0.05, 0.1) is 0 Å². The van der Waals surface area contributed by atoms with Gasteiger partial charge >= 0.3 is 0 Å². The van der Waals surface area contributed by atoms with Crippen molar-refractivity contribution < 1.29 is 0 Å². The van der Waals surface area contributed by atoms with Crippen LogP contribution in [0.5, 0.6) is 0 Å². The average Bonchev–Trinajstić information content (AvgIpc) is 1.83. The quantitative estimate of drug-likeness (QED) is 0.186. The number of nitrogens with one attached hydrogen (secondary N) is 3. The monoisotopic (exact) mass is 131 g/mol. The number of hydrogen-bond acceptors (Lipinski definition) is 2. The van der Waals surface area contributed by atoms with Crippen molar-refractivity contribution in [3.63, 3.8) is 0 Å². The number of hydrogen-bond donors (Lipinski definition) is 4. The first-order chi connectivity index (χ1) is 3.81. The number of rotatable bonds is 2. The average molecular weight is 131 g/mol. The molecule has 0 saturated heterocycles. The maximum absolute atomic E-state index is 6.89. The first-order valence-electron chi connectivity index (χ1n) is 2.14. The normalized spacial score (nSPS) is 7.62. The van der Waals surface area contributed by atoms with E-state index in [4.69, 9.17) is 5.41 Å². The maximum atomic E-state index is 6.89. The molecule has 0 unspecified atom stereocenters. The molecule has 0 aliphatic rings. The molecule has 8 heavy (non-hydrogen) atoms. The van der Waals surface area contributed by atoms with Crippen molar-refractivity contribution in [1.82, 2.24) is 10.0 Å². The summed E-state index contributed by atoms with van der Waals surface area (Å²) in [5.74, 6) is 0.188. The molecular formula is C4H9N3S. The molecule has 4 heteroatoms. The van der Waals surface area contributed by atoms with Crippen LogP contribution in [0, 0.1) is 5.41 Å². The van der Waals surface area contributed by atoms with Gasteiger partial charge in [-0.3, -0.25) is 5.41 Å². The van der Waals surface area contributed by atoms with Crippen molar-refractivity contribution >= 4 is 18.8 Å². The van der Waals surface area contributed by atoms with Gasteiger partial charge in [-0.2, -0.15) is 0 Å². The number of thiol groups is 1. The molecule has 0 saturated carbocycles. The Morgan fingerprint density at radius 3 is 2.88 bits per heavy atom. The van der Waals surface area contributed by atoms with Gasteiger partial charge in [0, 0.05) is 6.54 Å². The van der Waals surface area contributed by atoms with Crippen LogP contribution in [-0.2, 0) is 0 Å². The van der Waals surface area contributed by atoms with E-state index in [0.29, 0.717) is 6.54 Å². The second-order valence-electron chi connectivity index (χ2n) is 1.16. The van der Waals surface area contributed by atoms with Crippen LogP contribution in [0.25, 0.3) is 0 Å². The van der Waals surface area contributed by atoms with Crippen LogP contribution >= 0.6 is 12.8 Å². The lowest BCUT2D eigenvalue weighted by atomic mass is 10.6. The van der Waals surface area contributed by atoms with Gasteiger partial charge in [-0.25, -0.2) is 0 Å². The molecule has 0 aliphatic carbocycles. The highest BCUT2D eigenvalue weighted by Gasteiger charge is 1.82. The molecule has 3 nitrogen and oxygen atoms in total. The molecule has 0 amide bonds. The van der Waals surface area contributed by atoms with Gasteiger partial charge in [0.1, 0.15) is 0 Å². The summed E-state index contributed by atoms with van der Waals surface area (Å²) in [6.07, 6.45) is 1.67. The fourth-order valence-corrected chi connectivity index (χ4v) is 0.293. The van der Waals surface area contributed by atoms with E-state index in [1.165, 1.54) is 0 Å². The van der Waals surface area contributed by atoms with E-state index in [-0.39, 0.29) is 5.96 Å². The Kier molecular flexibility index (Phi) is 4.16. The Bertz CT molecular complexity index is 91.3. The smallest absolute Gasteiger partial charge is 0.198 e. The summed E-state index contributed by atoms with van der Waals surface area (Å²) in [6, 6.07) is 0. The summed E-state index contributed by atoms with van der Waals surface area (Å²) in [5.41, 5.74) is 0. The van der Waals surface area contributed by atoms with Gasteiger partial charge < -0.3 is 10.0 Å². The van der Waals surface area contributed by atoms with Gasteiger partial charge in [-0.15, -0.1) is 6.58 Å². The summed E-state index contributed by atoms with van der Waals surface area (Å²) >= 11 is 3.62. The molecule has 0 aromatic carbocycles. The fourth-order valence-electron chi connectivity index (χ4n) is 0.214. The molecule has 0 aliphatic heterocycles. The van der Waals surface area contributed by atoms with Crippen LogP contribution in [0.1, 0.15) is 0 Å². The molecular weight excluding hydrogens is 122 g/mol. The van der Waals surface area contributed by atoms with Crippen LogP contribution in [0.3, 0.4) is 0 Å². The lowest BCUT2D eigenvalue weighted by Gasteiger charge is -2.00. The molecule has 0 rings (SSSR count). The summed E-state index contributed by atoms with van der Waals surface area (Å²) in [7, 11) is 0. The standard InChI is InChI=1S/C4H9N3S/c1-2-3-6-4(5)7-8/h2,8H,1,3H2,(H3,5,6,7). The molecule has 0 atom stereocenters. The van der Waals surface area contributed by atoms with Crippen molar-refractivity contribution in [2.24, 2.45) is 0 Å². The maximum Gasteiger partial charge on any atom is 0.198 e. The molecule has 0 radical (unpaired) electrons. The van der Waals surface area contributed by atoms with E-state index in [2.05, 4.69) is 29.4 Å². The minimum atomic E-state index is 0.188. The first-order valence-corrected chi connectivity index (χ1v) is 2.59. The summed E-state index contributed by atoms with van der Waals surface area (Å²) in [5, 5.41) is 9.55. The van der Waals surface area contributed by atoms with Gasteiger partial charge in [0.25, 0.3) is 0 Å². The van der Waals surface area contributed by atoms with E-state index >= 15 is 0 Å². The Hall–Kier alpha value is -0.640. The molecule has 3 N–H and O–H groups in total.